The molecule has 9 rings (SSSR count). The Balaban J connectivity index is 1.09. The van der Waals surface area contributed by atoms with Crippen molar-refractivity contribution in [2.75, 3.05) is 9.80 Å². The van der Waals surface area contributed by atoms with E-state index >= 15 is 0 Å². The zero-order valence-electron chi connectivity index (χ0n) is 31.6. The van der Waals surface area contributed by atoms with E-state index in [1.54, 1.807) is 4.90 Å². The van der Waals surface area contributed by atoms with E-state index in [1.165, 1.54) is 0 Å². The topological polar surface area (TPSA) is 19.6 Å². The Kier molecular flexibility index (Phi) is 6.76. The van der Waals surface area contributed by atoms with Gasteiger partial charge < -0.3 is 14.2 Å². The number of rotatable bonds is 8. The van der Waals surface area contributed by atoms with Crippen molar-refractivity contribution in [2.24, 2.45) is 0 Å². The number of hydrogen-bond donors (Lipinski definition) is 0. The van der Waals surface area contributed by atoms with Crippen LogP contribution in [0, 0.1) is 0 Å². The van der Waals surface area contributed by atoms with Gasteiger partial charge in [0, 0.05) is 39.2 Å². The second-order valence-electron chi connectivity index (χ2n) is 12.3. The van der Waals surface area contributed by atoms with Gasteiger partial charge in [0.1, 0.15) is 5.58 Å². The largest absolute Gasteiger partial charge is 0.454 e. The van der Waals surface area contributed by atoms with Crippen LogP contribution in [0.5, 0.6) is 0 Å². The monoisotopic (exact) mass is 658 g/mol. The highest BCUT2D eigenvalue weighted by atomic mass is 16.3. The maximum absolute atomic E-state index is 9.36. The molecule has 0 unspecified atom stereocenters. The minimum atomic E-state index is -0.144. The SMILES string of the molecule is [2H]c1c([2H])c(N(c2ccccc2)c2cccc3c2oc2ccccc23)c([2H])c([2H])c1-c1ccc(-c2ccc(N(c3ccccc3)c3ccccc3)cc2)cc1. The van der Waals surface area contributed by atoms with Crippen LogP contribution < -0.4 is 9.80 Å². The Bertz CT molecular complexity index is 2720. The van der Waals surface area contributed by atoms with Crippen LogP contribution in [-0.2, 0) is 0 Å². The average Bonchev–Trinajstić information content (AvgIpc) is 3.63. The van der Waals surface area contributed by atoms with Crippen LogP contribution in [0.3, 0.4) is 0 Å². The molecule has 0 aliphatic rings. The van der Waals surface area contributed by atoms with Crippen molar-refractivity contribution in [1.29, 1.82) is 0 Å². The molecule has 0 N–H and O–H groups in total. The predicted molar refractivity (Wildman–Crippen MR) is 214 cm³/mol. The Morgan fingerprint density at radius 1 is 0.333 bits per heavy atom. The average molecular weight is 659 g/mol. The molecule has 0 fully saturated rings. The van der Waals surface area contributed by atoms with Gasteiger partial charge in [0.15, 0.2) is 5.58 Å². The summed E-state index contributed by atoms with van der Waals surface area (Å²) in [5.74, 6) is 0. The third-order valence-electron chi connectivity index (χ3n) is 9.14. The van der Waals surface area contributed by atoms with Crippen LogP contribution in [0.25, 0.3) is 44.2 Å². The lowest BCUT2D eigenvalue weighted by molar-refractivity contribution is 0.669. The number of anilines is 6. The van der Waals surface area contributed by atoms with Crippen LogP contribution in [0.1, 0.15) is 5.48 Å². The molecule has 3 heteroatoms. The van der Waals surface area contributed by atoms with Gasteiger partial charge in [-0.15, -0.1) is 0 Å². The summed E-state index contributed by atoms with van der Waals surface area (Å²) in [4.78, 5) is 3.99. The van der Waals surface area contributed by atoms with Gasteiger partial charge in [0.2, 0.25) is 0 Å². The van der Waals surface area contributed by atoms with Gasteiger partial charge in [-0.2, -0.15) is 0 Å². The Hall–Kier alpha value is -6.84. The van der Waals surface area contributed by atoms with Crippen LogP contribution in [-0.4, -0.2) is 0 Å². The van der Waals surface area contributed by atoms with E-state index in [0.717, 1.165) is 44.5 Å². The molecule has 0 atom stereocenters. The Labute approximate surface area is 303 Å². The molecule has 0 saturated heterocycles. The lowest BCUT2D eigenvalue weighted by Gasteiger charge is -2.25. The molecule has 0 saturated carbocycles. The van der Waals surface area contributed by atoms with Crippen LogP contribution in [0.15, 0.2) is 211 Å². The summed E-state index contributed by atoms with van der Waals surface area (Å²) in [5.41, 5.74) is 8.80. The molecule has 9 aromatic rings. The van der Waals surface area contributed by atoms with Gasteiger partial charge in [-0.3, -0.25) is 0 Å². The summed E-state index contributed by atoms with van der Waals surface area (Å²) < 4.78 is 43.6. The fraction of sp³-hybridized carbons (Fsp3) is 0. The second-order valence-corrected chi connectivity index (χ2v) is 12.3. The Morgan fingerprint density at radius 2 is 0.784 bits per heavy atom. The molecule has 0 spiro atoms. The molecule has 0 aliphatic heterocycles. The fourth-order valence-corrected chi connectivity index (χ4v) is 6.67. The first-order valence-electron chi connectivity index (χ1n) is 18.9. The smallest absolute Gasteiger partial charge is 0.159 e. The van der Waals surface area contributed by atoms with Crippen molar-refractivity contribution in [2.45, 2.75) is 0 Å². The highest BCUT2D eigenvalue weighted by Gasteiger charge is 2.19. The first kappa shape index (κ1) is 26.1. The van der Waals surface area contributed by atoms with Crippen LogP contribution in [0.4, 0.5) is 34.1 Å². The lowest BCUT2D eigenvalue weighted by atomic mass is 9.99. The zero-order valence-corrected chi connectivity index (χ0v) is 27.6. The second kappa shape index (κ2) is 13.2. The van der Waals surface area contributed by atoms with Gasteiger partial charge in [-0.1, -0.05) is 133 Å². The van der Waals surface area contributed by atoms with E-state index in [4.69, 9.17) is 4.42 Å². The first-order valence-corrected chi connectivity index (χ1v) is 16.9. The van der Waals surface area contributed by atoms with Crippen molar-refractivity contribution in [3.05, 3.63) is 206 Å². The van der Waals surface area contributed by atoms with E-state index in [9.17, 15) is 5.48 Å². The van der Waals surface area contributed by atoms with Gasteiger partial charge in [0.05, 0.1) is 11.2 Å². The Morgan fingerprint density at radius 3 is 1.37 bits per heavy atom. The number of benzene rings is 8. The number of furan rings is 1. The van der Waals surface area contributed by atoms with Crippen molar-refractivity contribution < 1.29 is 9.90 Å². The van der Waals surface area contributed by atoms with Gasteiger partial charge in [-0.05, 0) is 95.0 Å². The third-order valence-corrected chi connectivity index (χ3v) is 9.14. The lowest BCUT2D eigenvalue weighted by Crippen LogP contribution is -2.10. The van der Waals surface area contributed by atoms with E-state index in [2.05, 4.69) is 53.4 Å². The molecule has 0 radical (unpaired) electrons. The number of fused-ring (bicyclic) bond motifs is 3. The van der Waals surface area contributed by atoms with Crippen molar-refractivity contribution in [3.63, 3.8) is 0 Å². The maximum atomic E-state index is 9.36. The maximum Gasteiger partial charge on any atom is 0.159 e. The van der Waals surface area contributed by atoms with Gasteiger partial charge in [0.25, 0.3) is 0 Å². The molecular weight excluding hydrogens is 621 g/mol. The quantitative estimate of drug-likeness (QED) is 0.162. The highest BCUT2D eigenvalue weighted by Crippen LogP contribution is 2.42. The van der Waals surface area contributed by atoms with Crippen molar-refractivity contribution >= 4 is 56.1 Å². The number of nitrogens with zero attached hydrogens (tertiary/aromatic N) is 2. The zero-order chi connectivity index (χ0) is 37.5. The summed E-state index contributed by atoms with van der Waals surface area (Å²) in [6, 6.07) is 59.2. The number of para-hydroxylation sites is 5. The third kappa shape index (κ3) is 5.81. The highest BCUT2D eigenvalue weighted by molar-refractivity contribution is 6.10. The first-order chi connectivity index (χ1) is 27.0. The predicted octanol–water partition coefficient (Wildman–Crippen LogP) is 13.9. The normalized spacial score (nSPS) is 12.2. The molecule has 51 heavy (non-hydrogen) atoms. The molecule has 1 heterocycles. The standard InChI is InChI=1S/C48H34N2O/c1-4-13-39(14-5-1)49(40-15-6-2-7-16-40)42-31-27-37(28-32-42)35-23-25-36(26-24-35)38-29-33-43(34-30-38)50(41-17-8-3-9-18-41)46-21-12-20-45-44-19-10-11-22-47(44)51-48(45)46/h1-34H/i29D,30D,33D,34D. The van der Waals surface area contributed by atoms with E-state index in [-0.39, 0.29) is 35.4 Å². The minimum absolute atomic E-state index is 0.118. The summed E-state index contributed by atoms with van der Waals surface area (Å²) in [6.45, 7) is 0. The van der Waals surface area contributed by atoms with Crippen LogP contribution >= 0.6 is 0 Å². The molecule has 8 aromatic carbocycles. The minimum Gasteiger partial charge on any atom is -0.454 e. The summed E-state index contributed by atoms with van der Waals surface area (Å²) in [7, 11) is 0. The van der Waals surface area contributed by atoms with Gasteiger partial charge in [-0.25, -0.2) is 0 Å². The number of hydrogen-bond acceptors (Lipinski definition) is 3. The van der Waals surface area contributed by atoms with Gasteiger partial charge >= 0.3 is 0 Å². The summed E-state index contributed by atoms with van der Waals surface area (Å²) >= 11 is 0. The van der Waals surface area contributed by atoms with E-state index < -0.39 is 0 Å². The fourth-order valence-electron chi connectivity index (χ4n) is 6.67. The molecule has 0 bridgehead atoms. The summed E-state index contributed by atoms with van der Waals surface area (Å²) in [5, 5.41) is 1.86. The molecule has 242 valence electrons. The molecule has 1 aromatic heterocycles. The van der Waals surface area contributed by atoms with E-state index in [0.29, 0.717) is 22.5 Å². The summed E-state index contributed by atoms with van der Waals surface area (Å²) in [6.07, 6.45) is 0. The van der Waals surface area contributed by atoms with Crippen molar-refractivity contribution in [3.8, 4) is 22.3 Å². The molecule has 0 amide bonds. The molecular formula is C48H34N2O. The van der Waals surface area contributed by atoms with E-state index in [1.807, 2.05) is 133 Å². The van der Waals surface area contributed by atoms with Crippen LogP contribution in [0.2, 0.25) is 0 Å². The van der Waals surface area contributed by atoms with Crippen molar-refractivity contribution in [1.82, 2.24) is 0 Å². The molecule has 3 nitrogen and oxygen atoms in total. The molecule has 0 aliphatic carbocycles.